The summed E-state index contributed by atoms with van der Waals surface area (Å²) < 4.78 is 51.1. The second kappa shape index (κ2) is 11.1. The molecule has 4 rings (SSSR count). The van der Waals surface area contributed by atoms with Crippen LogP contribution in [0.25, 0.3) is 10.2 Å². The van der Waals surface area contributed by atoms with Crippen LogP contribution in [-0.4, -0.2) is 102 Å². The fraction of sp³-hybridized carbons (Fsp3) is 0.714. The maximum absolute atomic E-state index is 13.2. The van der Waals surface area contributed by atoms with Gasteiger partial charge in [-0.15, -0.1) is 11.3 Å². The molecule has 2 aliphatic heterocycles. The van der Waals surface area contributed by atoms with Crippen LogP contribution in [0.3, 0.4) is 0 Å². The Morgan fingerprint density at radius 2 is 2.09 bits per heavy atom. The summed E-state index contributed by atoms with van der Waals surface area (Å²) in [4.78, 5) is 15.8. The summed E-state index contributed by atoms with van der Waals surface area (Å²) in [7, 11) is 1.51. The molecule has 33 heavy (non-hydrogen) atoms. The average Bonchev–Trinajstić information content (AvgIpc) is 3.20. The van der Waals surface area contributed by atoms with Crippen molar-refractivity contribution in [2.75, 3.05) is 59.6 Å². The molecule has 12 heteroatoms. The number of thiophene rings is 1. The van der Waals surface area contributed by atoms with Crippen LogP contribution < -0.4 is 0 Å². The number of methoxy groups -OCH3 is 1. The molecule has 184 valence electrons. The normalized spacial score (nSPS) is 22.9. The first-order chi connectivity index (χ1) is 15.8. The lowest BCUT2D eigenvalue weighted by Gasteiger charge is -2.46. The van der Waals surface area contributed by atoms with Gasteiger partial charge >= 0.3 is 6.18 Å². The minimum Gasteiger partial charge on any atom is -0.383 e. The monoisotopic (exact) mass is 507 g/mol. The Morgan fingerprint density at radius 1 is 1.30 bits per heavy atom. The summed E-state index contributed by atoms with van der Waals surface area (Å²) in [5.41, 5.74) is 0.515. The molecule has 0 spiro atoms. The summed E-state index contributed by atoms with van der Waals surface area (Å²) in [5, 5.41) is 0. The zero-order valence-corrected chi connectivity index (χ0v) is 20.1. The molecule has 2 aromatic rings. The third-order valence-electron chi connectivity index (χ3n) is 6.20. The summed E-state index contributed by atoms with van der Waals surface area (Å²) >= 11 is 7.96. The second-order valence-corrected chi connectivity index (χ2v) is 10.0. The first kappa shape index (κ1) is 25.0. The Balaban J connectivity index is 1.51. The lowest BCUT2D eigenvalue weighted by atomic mass is 10.0. The standard InChI is InChI=1S/C21H29ClF3N5O2S/c1-31-8-6-30(13-21(23,24)25)15-2-4-28(5-3-15)20(29-7-9-32-19(22)12-29)17-10-16-18(33-17)11-26-14-27-16/h10-11,14-15,19-20H,2-9,12-13H2,1H3. The summed E-state index contributed by atoms with van der Waals surface area (Å²) in [6.07, 6.45) is 0.428. The fourth-order valence-electron chi connectivity index (χ4n) is 4.70. The van der Waals surface area contributed by atoms with Gasteiger partial charge in [0.2, 0.25) is 0 Å². The average molecular weight is 508 g/mol. The molecule has 2 aromatic heterocycles. The number of rotatable bonds is 8. The summed E-state index contributed by atoms with van der Waals surface area (Å²) in [5.74, 6) is 0. The molecule has 4 heterocycles. The molecule has 2 saturated heterocycles. The quantitative estimate of drug-likeness (QED) is 0.506. The Kier molecular flexibility index (Phi) is 8.42. The molecule has 0 aliphatic carbocycles. The van der Waals surface area contributed by atoms with Crippen molar-refractivity contribution in [2.24, 2.45) is 0 Å². The number of hydrogen-bond acceptors (Lipinski definition) is 8. The molecule has 0 saturated carbocycles. The van der Waals surface area contributed by atoms with E-state index in [4.69, 9.17) is 21.1 Å². The van der Waals surface area contributed by atoms with E-state index < -0.39 is 12.7 Å². The first-order valence-corrected chi connectivity index (χ1v) is 12.3. The highest BCUT2D eigenvalue weighted by atomic mass is 35.5. The Morgan fingerprint density at radius 3 is 2.76 bits per heavy atom. The molecule has 0 aromatic carbocycles. The van der Waals surface area contributed by atoms with Gasteiger partial charge in [0.15, 0.2) is 0 Å². The smallest absolute Gasteiger partial charge is 0.383 e. The molecule has 2 unspecified atom stereocenters. The van der Waals surface area contributed by atoms with Crippen LogP contribution in [-0.2, 0) is 9.47 Å². The lowest BCUT2D eigenvalue weighted by molar-refractivity contribution is -0.155. The van der Waals surface area contributed by atoms with Crippen molar-refractivity contribution in [1.29, 1.82) is 0 Å². The molecule has 2 fully saturated rings. The molecular weight excluding hydrogens is 479 g/mol. The van der Waals surface area contributed by atoms with Gasteiger partial charge < -0.3 is 9.47 Å². The van der Waals surface area contributed by atoms with E-state index in [-0.39, 0.29) is 30.9 Å². The largest absolute Gasteiger partial charge is 0.401 e. The van der Waals surface area contributed by atoms with Crippen LogP contribution in [0.4, 0.5) is 13.2 Å². The number of nitrogens with zero attached hydrogens (tertiary/aromatic N) is 5. The highest BCUT2D eigenvalue weighted by Gasteiger charge is 2.38. The number of alkyl halides is 4. The number of halogens is 4. The van der Waals surface area contributed by atoms with Crippen molar-refractivity contribution >= 4 is 33.2 Å². The Hall–Kier alpha value is -1.08. The van der Waals surface area contributed by atoms with E-state index >= 15 is 0 Å². The van der Waals surface area contributed by atoms with Gasteiger partial charge in [0.25, 0.3) is 0 Å². The molecule has 0 amide bonds. The minimum atomic E-state index is -4.23. The molecule has 0 N–H and O–H groups in total. The molecule has 2 aliphatic rings. The van der Waals surface area contributed by atoms with Gasteiger partial charge in [-0.2, -0.15) is 13.2 Å². The van der Waals surface area contributed by atoms with E-state index in [1.165, 1.54) is 18.3 Å². The third-order valence-corrected chi connectivity index (χ3v) is 7.56. The highest BCUT2D eigenvalue weighted by molar-refractivity contribution is 7.19. The first-order valence-electron chi connectivity index (χ1n) is 11.1. The van der Waals surface area contributed by atoms with Crippen molar-refractivity contribution < 1.29 is 22.6 Å². The number of fused-ring (bicyclic) bond motifs is 1. The van der Waals surface area contributed by atoms with E-state index in [9.17, 15) is 13.2 Å². The number of aromatic nitrogens is 2. The third kappa shape index (κ3) is 6.53. The van der Waals surface area contributed by atoms with Crippen molar-refractivity contribution in [3.8, 4) is 0 Å². The second-order valence-electron chi connectivity index (χ2n) is 8.42. The van der Waals surface area contributed by atoms with Crippen LogP contribution >= 0.6 is 22.9 Å². The van der Waals surface area contributed by atoms with Crippen LogP contribution in [0.5, 0.6) is 0 Å². The topological polar surface area (TPSA) is 54.0 Å². The number of ether oxygens (including phenoxy) is 2. The molecule has 0 radical (unpaired) electrons. The van der Waals surface area contributed by atoms with Crippen LogP contribution in [0.15, 0.2) is 18.6 Å². The van der Waals surface area contributed by atoms with E-state index in [1.807, 2.05) is 6.20 Å². The zero-order chi connectivity index (χ0) is 23.4. The maximum Gasteiger partial charge on any atom is 0.401 e. The van der Waals surface area contributed by atoms with Crippen LogP contribution in [0, 0.1) is 0 Å². The van der Waals surface area contributed by atoms with Gasteiger partial charge in [-0.25, -0.2) is 9.97 Å². The van der Waals surface area contributed by atoms with Crippen LogP contribution in [0.2, 0.25) is 0 Å². The van der Waals surface area contributed by atoms with E-state index in [2.05, 4.69) is 25.8 Å². The van der Waals surface area contributed by atoms with Gasteiger partial charge in [-0.3, -0.25) is 14.7 Å². The van der Waals surface area contributed by atoms with Crippen molar-refractivity contribution in [3.63, 3.8) is 0 Å². The SMILES string of the molecule is COCCN(CC(F)(F)F)C1CCN(C(c2cc3ncncc3s2)N2CCOC(Cl)C2)CC1. The predicted molar refractivity (Wildman–Crippen MR) is 121 cm³/mol. The molecule has 2 atom stereocenters. The zero-order valence-electron chi connectivity index (χ0n) is 18.5. The van der Waals surface area contributed by atoms with Gasteiger partial charge in [-0.1, -0.05) is 11.6 Å². The molecule has 7 nitrogen and oxygen atoms in total. The summed E-state index contributed by atoms with van der Waals surface area (Å²) in [6.45, 7) is 2.91. The number of morpholine rings is 1. The Labute approximate surface area is 200 Å². The number of likely N-dealkylation sites (tertiary alicyclic amines) is 1. The van der Waals surface area contributed by atoms with Crippen molar-refractivity contribution in [3.05, 3.63) is 23.5 Å². The van der Waals surface area contributed by atoms with Crippen LogP contribution in [0.1, 0.15) is 23.9 Å². The van der Waals surface area contributed by atoms with E-state index in [0.29, 0.717) is 39.1 Å². The van der Waals surface area contributed by atoms with Gasteiger partial charge in [0, 0.05) is 56.9 Å². The number of hydrogen-bond donors (Lipinski definition) is 0. The maximum atomic E-state index is 13.2. The van der Waals surface area contributed by atoms with Gasteiger partial charge in [-0.05, 0) is 18.9 Å². The van der Waals surface area contributed by atoms with E-state index in [1.54, 1.807) is 11.3 Å². The Bertz CT molecular complexity index is 863. The lowest BCUT2D eigenvalue weighted by Crippen LogP contribution is -2.53. The predicted octanol–water partition coefficient (Wildman–Crippen LogP) is 3.56. The van der Waals surface area contributed by atoms with Gasteiger partial charge in [0.05, 0.1) is 36.1 Å². The molecular formula is C21H29ClF3N5O2S. The number of piperidine rings is 1. The summed E-state index contributed by atoms with van der Waals surface area (Å²) in [6, 6.07) is 1.96. The van der Waals surface area contributed by atoms with Crippen molar-refractivity contribution in [1.82, 2.24) is 24.7 Å². The highest BCUT2D eigenvalue weighted by Crippen LogP contribution is 2.37. The fourth-order valence-corrected chi connectivity index (χ4v) is 6.12. The van der Waals surface area contributed by atoms with E-state index in [0.717, 1.165) is 21.6 Å². The van der Waals surface area contributed by atoms with Crippen molar-refractivity contribution in [2.45, 2.75) is 36.8 Å². The minimum absolute atomic E-state index is 0.0228. The van der Waals surface area contributed by atoms with Gasteiger partial charge in [0.1, 0.15) is 11.9 Å². The molecule has 0 bridgehead atoms.